The highest BCUT2D eigenvalue weighted by molar-refractivity contribution is 7.47. The molecule has 9 nitrogen and oxygen atoms in total. The molecule has 0 aliphatic heterocycles. The van der Waals surface area contributed by atoms with Crippen molar-refractivity contribution in [1.82, 2.24) is 0 Å². The summed E-state index contributed by atoms with van der Waals surface area (Å²) in [5.41, 5.74) is 5.42. The Morgan fingerprint density at radius 1 is 0.301 bits per heavy atom. The minimum atomic E-state index is -4.41. The lowest BCUT2D eigenvalue weighted by atomic mass is 10.0. The van der Waals surface area contributed by atoms with Crippen molar-refractivity contribution in [3.05, 3.63) is 122 Å². The van der Waals surface area contributed by atoms with Gasteiger partial charge in [-0.3, -0.25) is 18.6 Å². The van der Waals surface area contributed by atoms with E-state index in [0.717, 1.165) is 109 Å². The number of hydrogen-bond donors (Lipinski definition) is 2. The Morgan fingerprint density at radius 3 is 0.796 bits per heavy atom. The van der Waals surface area contributed by atoms with E-state index >= 15 is 0 Å². The molecule has 2 unspecified atom stereocenters. The number of hydrogen-bond acceptors (Lipinski definition) is 8. The quantitative estimate of drug-likeness (QED) is 0.0264. The highest BCUT2D eigenvalue weighted by atomic mass is 31.2. The summed E-state index contributed by atoms with van der Waals surface area (Å²) in [6, 6.07) is 0. The summed E-state index contributed by atoms with van der Waals surface area (Å²) in [6.45, 7) is 3.68. The first-order valence-corrected chi connectivity index (χ1v) is 45.5. The normalized spacial score (nSPS) is 13.4. The molecule has 0 aromatic heterocycles. The minimum absolute atomic E-state index is 0.0498. The Bertz CT molecular complexity index is 2120. The number of nitrogens with two attached hydrogens (primary N) is 1. The fourth-order valence-electron chi connectivity index (χ4n) is 12.9. The van der Waals surface area contributed by atoms with Crippen molar-refractivity contribution in [3.8, 4) is 0 Å². The van der Waals surface area contributed by atoms with Gasteiger partial charge in [-0.2, -0.15) is 0 Å². The molecule has 0 amide bonds. The van der Waals surface area contributed by atoms with Crippen molar-refractivity contribution in [3.63, 3.8) is 0 Å². The SMILES string of the molecule is CC/C=C\C/C=C\C/C=C\C/C=C\C/C=C\C/C=C\C/C=C\C/C=C\C/C=C\C/C=C\CCCCCCCCCCCCC(=O)OC(COC(=O)CCCCCCCCCCCCCCCCCCCCCCCCCCCCCCCCCCCCCCCCCCC)COP(=O)(O)OCCN. The van der Waals surface area contributed by atoms with Crippen LogP contribution in [0.1, 0.15) is 425 Å². The van der Waals surface area contributed by atoms with Gasteiger partial charge in [0, 0.05) is 19.4 Å². The van der Waals surface area contributed by atoms with E-state index in [1.165, 1.54) is 283 Å². The number of esters is 2. The van der Waals surface area contributed by atoms with Gasteiger partial charge >= 0.3 is 19.8 Å². The molecule has 0 spiro atoms. The van der Waals surface area contributed by atoms with Crippen molar-refractivity contribution < 1.29 is 37.6 Å². The van der Waals surface area contributed by atoms with Crippen LogP contribution in [0.15, 0.2) is 122 Å². The smallest absolute Gasteiger partial charge is 0.462 e. The Labute approximate surface area is 638 Å². The maximum absolute atomic E-state index is 12.8. The van der Waals surface area contributed by atoms with E-state index in [1.54, 1.807) is 0 Å². The zero-order valence-electron chi connectivity index (χ0n) is 67.5. The molecule has 596 valence electrons. The maximum atomic E-state index is 12.8. The molecule has 0 rings (SSSR count). The van der Waals surface area contributed by atoms with E-state index in [9.17, 15) is 19.0 Å². The van der Waals surface area contributed by atoms with Crippen molar-refractivity contribution in [1.29, 1.82) is 0 Å². The van der Waals surface area contributed by atoms with Crippen molar-refractivity contribution in [2.45, 2.75) is 431 Å². The molecule has 0 aromatic carbocycles. The summed E-state index contributed by atoms with van der Waals surface area (Å²) in [4.78, 5) is 35.5. The average Bonchev–Trinajstić information content (AvgIpc) is 0.970. The molecule has 103 heavy (non-hydrogen) atoms. The maximum Gasteiger partial charge on any atom is 0.472 e. The van der Waals surface area contributed by atoms with Crippen LogP contribution in [0.3, 0.4) is 0 Å². The largest absolute Gasteiger partial charge is 0.472 e. The molecule has 0 saturated heterocycles. The molecule has 0 aliphatic carbocycles. The molecule has 10 heteroatoms. The summed E-state index contributed by atoms with van der Waals surface area (Å²) in [5.74, 6) is -0.820. The van der Waals surface area contributed by atoms with Crippen LogP contribution >= 0.6 is 7.82 Å². The monoisotopic (exact) mass is 1460 g/mol. The Balaban J connectivity index is 3.79. The fraction of sp³-hybridized carbons (Fsp3) is 0.763. The first-order chi connectivity index (χ1) is 50.8. The second-order valence-corrected chi connectivity index (χ2v) is 30.8. The van der Waals surface area contributed by atoms with Crippen LogP contribution in [0.2, 0.25) is 0 Å². The van der Waals surface area contributed by atoms with Crippen LogP contribution in [-0.4, -0.2) is 49.3 Å². The molecule has 0 saturated carbocycles. The second-order valence-electron chi connectivity index (χ2n) is 29.4. The molecular weight excluding hydrogens is 1290 g/mol. The van der Waals surface area contributed by atoms with E-state index in [2.05, 4.69) is 135 Å². The number of phosphoric acid groups is 1. The average molecular weight is 1460 g/mol. The molecule has 0 radical (unpaired) electrons. The van der Waals surface area contributed by atoms with Crippen molar-refractivity contribution >= 4 is 19.8 Å². The third-order valence-corrected chi connectivity index (χ3v) is 20.3. The van der Waals surface area contributed by atoms with Gasteiger partial charge in [-0.05, 0) is 89.9 Å². The van der Waals surface area contributed by atoms with E-state index in [1.807, 2.05) is 0 Å². The summed E-state index contributed by atoms with van der Waals surface area (Å²) in [6.07, 6.45) is 124. The van der Waals surface area contributed by atoms with Crippen LogP contribution in [0, 0.1) is 0 Å². The van der Waals surface area contributed by atoms with Crippen LogP contribution in [0.5, 0.6) is 0 Å². The van der Waals surface area contributed by atoms with Gasteiger partial charge in [0.2, 0.25) is 0 Å². The lowest BCUT2D eigenvalue weighted by molar-refractivity contribution is -0.161. The lowest BCUT2D eigenvalue weighted by Crippen LogP contribution is -2.29. The predicted molar refractivity (Wildman–Crippen MR) is 450 cm³/mol. The van der Waals surface area contributed by atoms with Gasteiger partial charge in [0.05, 0.1) is 13.2 Å². The van der Waals surface area contributed by atoms with Crippen LogP contribution < -0.4 is 5.73 Å². The molecule has 3 N–H and O–H groups in total. The van der Waals surface area contributed by atoms with Gasteiger partial charge < -0.3 is 20.1 Å². The number of carbonyl (C=O) groups is 2. The van der Waals surface area contributed by atoms with E-state index in [-0.39, 0.29) is 38.6 Å². The number of unbranched alkanes of at least 4 members (excludes halogenated alkanes) is 50. The molecular formula is C93H166NO8P. The molecule has 0 heterocycles. The number of allylic oxidation sites excluding steroid dienone is 20. The zero-order valence-corrected chi connectivity index (χ0v) is 68.4. The van der Waals surface area contributed by atoms with E-state index in [4.69, 9.17) is 24.3 Å². The Hall–Kier alpha value is -3.59. The molecule has 0 aliphatic rings. The van der Waals surface area contributed by atoms with Crippen LogP contribution in [-0.2, 0) is 32.7 Å². The molecule has 0 aromatic rings. The standard InChI is InChI=1S/C93H166NO8P/c1-3-5-7-9-11-13-15-17-19-21-23-25-27-29-31-33-35-37-39-41-43-45-47-49-51-53-55-57-59-61-63-65-67-69-71-73-75-77-79-81-83-85-92(95)99-89-91(90-101-103(97,98)100-88-87-94)102-93(96)86-84-82-80-78-76-74-72-70-68-66-64-62-60-58-56-54-52-50-48-46-44-42-40-38-36-34-32-30-28-26-24-22-20-18-16-14-12-10-8-6-4-2/h6,8,12,14,18,20,24,26,30,32,36,38,42,44,48,50,54,56,60,62,91H,3-5,7,9-11,13,15-17,19,21-23,25,27-29,31,33-35,37,39-41,43,45-47,49,51-53,55,57-59,61,63-90,94H2,1-2H3,(H,97,98)/b8-6-,14-12-,20-18-,26-24-,32-30-,38-36-,44-42-,50-48-,56-54-,62-60-. The molecule has 2 atom stereocenters. The summed E-state index contributed by atoms with van der Waals surface area (Å²) in [5, 5.41) is 0. The number of phosphoric ester groups is 1. The van der Waals surface area contributed by atoms with E-state index in [0.29, 0.717) is 6.42 Å². The predicted octanol–water partition coefficient (Wildman–Crippen LogP) is 30.1. The van der Waals surface area contributed by atoms with Crippen LogP contribution in [0.25, 0.3) is 0 Å². The van der Waals surface area contributed by atoms with Gasteiger partial charge in [0.1, 0.15) is 6.61 Å². The third-order valence-electron chi connectivity index (χ3n) is 19.4. The van der Waals surface area contributed by atoms with Gasteiger partial charge in [-0.15, -0.1) is 0 Å². The molecule has 0 fully saturated rings. The topological polar surface area (TPSA) is 134 Å². The highest BCUT2D eigenvalue weighted by Crippen LogP contribution is 2.43. The summed E-state index contributed by atoms with van der Waals surface area (Å²) >= 11 is 0. The second kappa shape index (κ2) is 87.3. The molecule has 0 bridgehead atoms. The Morgan fingerprint density at radius 2 is 0.534 bits per heavy atom. The van der Waals surface area contributed by atoms with Crippen molar-refractivity contribution in [2.24, 2.45) is 5.73 Å². The van der Waals surface area contributed by atoms with Gasteiger partial charge in [-0.1, -0.05) is 444 Å². The van der Waals surface area contributed by atoms with Crippen LogP contribution in [0.4, 0.5) is 0 Å². The summed E-state index contributed by atoms with van der Waals surface area (Å²) in [7, 11) is -4.41. The lowest BCUT2D eigenvalue weighted by Gasteiger charge is -2.19. The number of ether oxygens (including phenoxy) is 2. The van der Waals surface area contributed by atoms with Gasteiger partial charge in [-0.25, -0.2) is 4.57 Å². The third kappa shape index (κ3) is 87.2. The van der Waals surface area contributed by atoms with Crippen molar-refractivity contribution in [2.75, 3.05) is 26.4 Å². The Kier molecular flexibility index (Phi) is 84.3. The highest BCUT2D eigenvalue weighted by Gasteiger charge is 2.26. The zero-order chi connectivity index (χ0) is 74.3. The number of carbonyl (C=O) groups excluding carboxylic acids is 2. The van der Waals surface area contributed by atoms with Gasteiger partial charge in [0.15, 0.2) is 6.10 Å². The van der Waals surface area contributed by atoms with Gasteiger partial charge in [0.25, 0.3) is 0 Å². The first-order valence-electron chi connectivity index (χ1n) is 44.0. The van der Waals surface area contributed by atoms with E-state index < -0.39 is 26.5 Å². The minimum Gasteiger partial charge on any atom is -0.462 e. The first kappa shape index (κ1) is 99.4. The number of rotatable bonds is 83. The fourth-order valence-corrected chi connectivity index (χ4v) is 13.7. The summed E-state index contributed by atoms with van der Waals surface area (Å²) < 4.78 is 33.3.